The van der Waals surface area contributed by atoms with E-state index in [9.17, 15) is 28.2 Å². The number of ether oxygens (including phenoxy) is 1. The maximum Gasteiger partial charge on any atom is 0.309 e. The fraction of sp³-hybridized carbons (Fsp3) is 0.956. The van der Waals surface area contributed by atoms with Gasteiger partial charge < -0.3 is 20.3 Å². The molecule has 3 N–H and O–H groups in total. The standard InChI is InChI=1S/C45H74N2O7S/c1-39(2)31(37(49)50)25-32(39)38(51)54-35-13-14-42(6)33(40(35,3)4)12-15-44(8)34(42)10-9-30-36-29(41(5)17-18-41)11-16-45(36,20-19-43(30,44)7)46-26-28(27-48)47-21-23-55(52,53)24-22-47/h28-36,46,48H,9-27H2,1-8H3,(H,49,50)/t28-,29-,30-,31+,32-,33+,34-,35+,36-,42+,43-,44-,45+/m1/s1. The Hall–Kier alpha value is -1.23. The number of hydrogen-bond acceptors (Lipinski definition) is 8. The number of aliphatic carboxylic acids is 1. The number of esters is 1. The maximum absolute atomic E-state index is 13.6. The first-order valence-electron chi connectivity index (χ1n) is 22.3. The number of rotatable bonds is 9. The number of carboxylic acids is 1. The van der Waals surface area contributed by atoms with Crippen LogP contribution in [0.5, 0.6) is 0 Å². The van der Waals surface area contributed by atoms with Crippen molar-refractivity contribution in [2.24, 2.45) is 73.9 Å². The molecule has 312 valence electrons. The molecule has 1 aliphatic heterocycles. The van der Waals surface area contributed by atoms with Crippen LogP contribution in [0.25, 0.3) is 0 Å². The monoisotopic (exact) mass is 787 g/mol. The maximum atomic E-state index is 13.6. The molecule has 8 fully saturated rings. The Balaban J connectivity index is 1.02. The van der Waals surface area contributed by atoms with E-state index in [4.69, 9.17) is 4.74 Å². The summed E-state index contributed by atoms with van der Waals surface area (Å²) < 4.78 is 30.9. The van der Waals surface area contributed by atoms with Gasteiger partial charge in [-0.25, -0.2) is 8.42 Å². The fourth-order valence-electron chi connectivity index (χ4n) is 16.1. The second-order valence-electron chi connectivity index (χ2n) is 22.8. The zero-order chi connectivity index (χ0) is 39.8. The number of nitrogens with zero attached hydrogens (tertiary/aromatic N) is 1. The Morgan fingerprint density at radius 2 is 1.45 bits per heavy atom. The van der Waals surface area contributed by atoms with Crippen LogP contribution < -0.4 is 5.32 Å². The van der Waals surface area contributed by atoms with Gasteiger partial charge in [-0.3, -0.25) is 14.5 Å². The zero-order valence-corrected chi connectivity index (χ0v) is 36.2. The Kier molecular flexibility index (Phi) is 9.68. The summed E-state index contributed by atoms with van der Waals surface area (Å²) in [4.78, 5) is 27.7. The molecular weight excluding hydrogens is 713 g/mol. The molecule has 0 aromatic carbocycles. The van der Waals surface area contributed by atoms with Crippen LogP contribution in [0, 0.1) is 73.9 Å². The fourth-order valence-corrected chi connectivity index (χ4v) is 17.4. The van der Waals surface area contributed by atoms with E-state index in [1.165, 1.54) is 57.8 Å². The summed E-state index contributed by atoms with van der Waals surface area (Å²) in [5.41, 5.74) is 0.384. The van der Waals surface area contributed by atoms with Crippen molar-refractivity contribution in [1.29, 1.82) is 0 Å². The molecule has 0 aromatic heterocycles. The predicted octanol–water partition coefficient (Wildman–Crippen LogP) is 6.96. The summed E-state index contributed by atoms with van der Waals surface area (Å²) in [6.07, 6.45) is 14.7. The summed E-state index contributed by atoms with van der Waals surface area (Å²) in [6, 6.07) is -0.0579. The quantitative estimate of drug-likeness (QED) is 0.212. The summed E-state index contributed by atoms with van der Waals surface area (Å²) in [5, 5.41) is 24.5. The van der Waals surface area contributed by atoms with Gasteiger partial charge in [0.15, 0.2) is 9.84 Å². The molecule has 0 aromatic rings. The van der Waals surface area contributed by atoms with Crippen LogP contribution in [0.4, 0.5) is 0 Å². The van der Waals surface area contributed by atoms with Crippen molar-refractivity contribution in [3.05, 3.63) is 0 Å². The molecular formula is C45H74N2O7S. The van der Waals surface area contributed by atoms with Gasteiger partial charge in [0.05, 0.1) is 29.9 Å². The highest BCUT2D eigenvalue weighted by Gasteiger charge is 2.72. The average molecular weight is 787 g/mol. The minimum Gasteiger partial charge on any atom is -0.481 e. The van der Waals surface area contributed by atoms with Crippen LogP contribution in [0.2, 0.25) is 0 Å². The van der Waals surface area contributed by atoms with Crippen molar-refractivity contribution in [3.63, 3.8) is 0 Å². The highest BCUT2D eigenvalue weighted by atomic mass is 32.2. The van der Waals surface area contributed by atoms with Crippen molar-refractivity contribution in [2.45, 2.75) is 157 Å². The number of aliphatic hydroxyl groups is 1. The number of aliphatic hydroxyl groups excluding tert-OH is 1. The normalized spacial score (nSPS) is 48.2. The van der Waals surface area contributed by atoms with Gasteiger partial charge in [-0.15, -0.1) is 0 Å². The first-order chi connectivity index (χ1) is 25.6. The van der Waals surface area contributed by atoms with Crippen molar-refractivity contribution >= 4 is 21.8 Å². The third-order valence-corrected chi connectivity index (χ3v) is 21.8. The van der Waals surface area contributed by atoms with Gasteiger partial charge in [0.2, 0.25) is 0 Å². The predicted molar refractivity (Wildman–Crippen MR) is 214 cm³/mol. The summed E-state index contributed by atoms with van der Waals surface area (Å²) in [6.45, 7) is 20.9. The first kappa shape index (κ1) is 40.5. The van der Waals surface area contributed by atoms with Crippen molar-refractivity contribution in [3.8, 4) is 0 Å². The van der Waals surface area contributed by atoms with Crippen molar-refractivity contribution < 1.29 is 33.0 Å². The summed E-state index contributed by atoms with van der Waals surface area (Å²) in [7, 11) is -2.98. The SMILES string of the molecule is CC1([C@@H]2CC[C@]3(NC[C@H](CO)N4CCS(=O)(=O)CC4)CC[C@]4(C)[C@H](CC[C@@H]5[C@@]6(C)CC[C@H](OC(=O)[C@H]7C[C@@H](C(=O)O)C7(C)C)C(C)(C)[C@@H]6CC[C@]54C)[C@@H]23)CC1. The molecule has 0 amide bonds. The first-order valence-corrected chi connectivity index (χ1v) is 24.1. The molecule has 1 saturated heterocycles. The van der Waals surface area contributed by atoms with E-state index in [1.54, 1.807) is 0 Å². The van der Waals surface area contributed by atoms with Gasteiger partial charge in [-0.05, 0) is 140 Å². The molecule has 0 radical (unpaired) electrons. The Bertz CT molecular complexity index is 1640. The zero-order valence-electron chi connectivity index (χ0n) is 35.4. The molecule has 55 heavy (non-hydrogen) atoms. The van der Waals surface area contributed by atoms with Gasteiger partial charge >= 0.3 is 11.9 Å². The molecule has 0 unspecified atom stereocenters. The Morgan fingerprint density at radius 3 is 2.07 bits per heavy atom. The van der Waals surface area contributed by atoms with E-state index in [0.29, 0.717) is 48.6 Å². The van der Waals surface area contributed by atoms with Crippen LogP contribution in [0.15, 0.2) is 0 Å². The lowest BCUT2D eigenvalue weighted by Gasteiger charge is -2.73. The van der Waals surface area contributed by atoms with E-state index < -0.39 is 27.1 Å². The van der Waals surface area contributed by atoms with Gasteiger partial charge in [-0.1, -0.05) is 55.4 Å². The molecule has 8 rings (SSSR count). The molecule has 1 heterocycles. The van der Waals surface area contributed by atoms with E-state index in [1.807, 2.05) is 13.8 Å². The van der Waals surface area contributed by atoms with Gasteiger partial charge in [0.25, 0.3) is 0 Å². The number of nitrogens with one attached hydrogen (secondary N) is 1. The topological polar surface area (TPSA) is 133 Å². The number of carbonyl (C=O) groups is 2. The minimum atomic E-state index is -2.98. The van der Waals surface area contributed by atoms with Crippen LogP contribution in [0.1, 0.15) is 139 Å². The van der Waals surface area contributed by atoms with Crippen LogP contribution in [0.3, 0.4) is 0 Å². The molecule has 0 spiro atoms. The van der Waals surface area contributed by atoms with Crippen LogP contribution in [-0.4, -0.2) is 90.9 Å². The van der Waals surface area contributed by atoms with Crippen LogP contribution >= 0.6 is 0 Å². The number of sulfone groups is 1. The van der Waals surface area contributed by atoms with Crippen LogP contribution in [-0.2, 0) is 24.2 Å². The Labute approximate surface area is 332 Å². The number of hydrogen-bond donors (Lipinski definition) is 3. The van der Waals surface area contributed by atoms with E-state index in [-0.39, 0.29) is 69.3 Å². The molecule has 9 nitrogen and oxygen atoms in total. The molecule has 10 heteroatoms. The van der Waals surface area contributed by atoms with Gasteiger partial charge in [0, 0.05) is 36.6 Å². The third-order valence-electron chi connectivity index (χ3n) is 20.2. The van der Waals surface area contributed by atoms with Crippen molar-refractivity contribution in [1.82, 2.24) is 10.2 Å². The minimum absolute atomic E-state index is 0.0513. The second-order valence-corrected chi connectivity index (χ2v) is 25.1. The average Bonchev–Trinajstić information content (AvgIpc) is 3.72. The molecule has 8 aliphatic rings. The van der Waals surface area contributed by atoms with E-state index in [0.717, 1.165) is 31.7 Å². The van der Waals surface area contributed by atoms with Gasteiger partial charge in [0.1, 0.15) is 6.10 Å². The van der Waals surface area contributed by atoms with E-state index in [2.05, 4.69) is 51.8 Å². The second kappa shape index (κ2) is 13.1. The number of carboxylic acid groups (broad SMARTS) is 1. The lowest BCUT2D eigenvalue weighted by atomic mass is 9.32. The molecule has 7 aliphatic carbocycles. The number of fused-ring (bicyclic) bond motifs is 7. The van der Waals surface area contributed by atoms with Crippen molar-refractivity contribution in [2.75, 3.05) is 37.7 Å². The summed E-state index contributed by atoms with van der Waals surface area (Å²) in [5.74, 6) is 1.59. The smallest absolute Gasteiger partial charge is 0.309 e. The highest BCUT2D eigenvalue weighted by molar-refractivity contribution is 7.91. The Morgan fingerprint density at radius 1 is 0.764 bits per heavy atom. The molecule has 7 saturated carbocycles. The van der Waals surface area contributed by atoms with E-state index >= 15 is 0 Å². The number of carbonyl (C=O) groups excluding carboxylic acids is 1. The van der Waals surface area contributed by atoms with Gasteiger partial charge in [-0.2, -0.15) is 0 Å². The highest BCUT2D eigenvalue weighted by Crippen LogP contribution is 2.78. The summed E-state index contributed by atoms with van der Waals surface area (Å²) >= 11 is 0. The third kappa shape index (κ3) is 5.98. The largest absolute Gasteiger partial charge is 0.481 e. The lowest BCUT2D eigenvalue weighted by Crippen LogP contribution is -2.69. The molecule has 0 bridgehead atoms. The lowest BCUT2D eigenvalue weighted by molar-refractivity contribution is -0.250. The molecule has 13 atom stereocenters.